The zero-order valence-corrected chi connectivity index (χ0v) is 13.1. The molecule has 1 aromatic heterocycles. The van der Waals surface area contributed by atoms with Crippen LogP contribution in [-0.4, -0.2) is 43.5 Å². The van der Waals surface area contributed by atoms with Crippen LogP contribution in [0.5, 0.6) is 0 Å². The molecular formula is C14H24N4OS. The number of hydrogen-bond acceptors (Lipinski definition) is 4. The summed E-state index contributed by atoms with van der Waals surface area (Å²) in [7, 11) is 0. The maximum absolute atomic E-state index is 9.63. The maximum atomic E-state index is 9.63. The summed E-state index contributed by atoms with van der Waals surface area (Å²) in [5.74, 6) is 1.35. The molecule has 6 heteroatoms. The highest BCUT2D eigenvalue weighted by atomic mass is 32.1. The third kappa shape index (κ3) is 3.37. The summed E-state index contributed by atoms with van der Waals surface area (Å²) in [6.07, 6.45) is 3.71. The number of hydrogen-bond donors (Lipinski definition) is 1. The Morgan fingerprint density at radius 2 is 2.15 bits per heavy atom. The fourth-order valence-electron chi connectivity index (χ4n) is 2.75. The summed E-state index contributed by atoms with van der Waals surface area (Å²) < 4.78 is 4.63. The lowest BCUT2D eigenvalue weighted by Gasteiger charge is -2.32. The number of aromatic nitrogens is 3. The van der Waals surface area contributed by atoms with Crippen molar-refractivity contribution >= 4 is 12.2 Å². The second kappa shape index (κ2) is 6.65. The van der Waals surface area contributed by atoms with Crippen molar-refractivity contribution in [3.8, 4) is 0 Å². The van der Waals surface area contributed by atoms with E-state index in [2.05, 4.69) is 16.6 Å². The summed E-state index contributed by atoms with van der Waals surface area (Å²) in [6.45, 7) is 11.0. The van der Waals surface area contributed by atoms with Gasteiger partial charge in [0.05, 0.1) is 12.8 Å². The molecule has 0 spiro atoms. The number of nitrogens with zero attached hydrogens (tertiary/aromatic N) is 4. The first-order chi connectivity index (χ1) is 9.52. The summed E-state index contributed by atoms with van der Waals surface area (Å²) >= 11 is 5.46. The monoisotopic (exact) mass is 296 g/mol. The van der Waals surface area contributed by atoms with Gasteiger partial charge in [-0.05, 0) is 44.8 Å². The van der Waals surface area contributed by atoms with Crippen LogP contribution in [0.15, 0.2) is 12.7 Å². The average molecular weight is 296 g/mol. The Balaban J connectivity index is 2.00. The number of piperidine rings is 1. The molecule has 2 rings (SSSR count). The predicted molar refractivity (Wildman–Crippen MR) is 82.0 cm³/mol. The van der Waals surface area contributed by atoms with Crippen LogP contribution in [0.4, 0.5) is 0 Å². The fourth-order valence-corrected chi connectivity index (χ4v) is 3.05. The third-order valence-corrected chi connectivity index (χ3v) is 4.50. The first-order valence-electron chi connectivity index (χ1n) is 7.18. The zero-order valence-electron chi connectivity index (χ0n) is 12.3. The third-order valence-electron chi connectivity index (χ3n) is 4.07. The molecule has 1 N–H and O–H groups in total. The van der Waals surface area contributed by atoms with E-state index in [1.165, 1.54) is 0 Å². The van der Waals surface area contributed by atoms with Crippen LogP contribution in [0.2, 0.25) is 0 Å². The summed E-state index contributed by atoms with van der Waals surface area (Å²) in [5.41, 5.74) is 0. The topological polar surface area (TPSA) is 46.2 Å². The Kier molecular flexibility index (Phi) is 5.12. The SMILES string of the molecule is C=CCn1c(C)nn(CN2CCC(C(C)O)CC2)c1=S. The van der Waals surface area contributed by atoms with Crippen molar-refractivity contribution in [2.75, 3.05) is 13.1 Å². The Bertz CT molecular complexity index is 512. The molecule has 5 nitrogen and oxygen atoms in total. The van der Waals surface area contributed by atoms with Crippen LogP contribution in [0.3, 0.4) is 0 Å². The molecule has 1 aliphatic rings. The molecule has 0 radical (unpaired) electrons. The van der Waals surface area contributed by atoms with Crippen molar-refractivity contribution in [3.63, 3.8) is 0 Å². The standard InChI is InChI=1S/C14H24N4OS/c1-4-7-17-12(3)15-18(14(17)20)10-16-8-5-13(6-9-16)11(2)19/h4,11,13,19H,1,5-10H2,2-3H3. The van der Waals surface area contributed by atoms with Crippen LogP contribution in [0, 0.1) is 17.6 Å². The van der Waals surface area contributed by atoms with E-state index in [9.17, 15) is 5.11 Å². The Morgan fingerprint density at radius 3 is 2.70 bits per heavy atom. The minimum Gasteiger partial charge on any atom is -0.393 e. The molecule has 1 atom stereocenters. The van der Waals surface area contributed by atoms with Crippen molar-refractivity contribution in [3.05, 3.63) is 23.3 Å². The molecule has 1 aromatic rings. The van der Waals surface area contributed by atoms with Gasteiger partial charge in [-0.1, -0.05) is 6.08 Å². The van der Waals surface area contributed by atoms with Crippen LogP contribution in [-0.2, 0) is 13.2 Å². The van der Waals surface area contributed by atoms with E-state index in [-0.39, 0.29) is 6.10 Å². The smallest absolute Gasteiger partial charge is 0.199 e. The zero-order chi connectivity index (χ0) is 14.7. The molecule has 0 aromatic carbocycles. The lowest BCUT2D eigenvalue weighted by atomic mass is 9.92. The minimum atomic E-state index is -0.201. The number of rotatable bonds is 5. The van der Waals surface area contributed by atoms with Gasteiger partial charge in [0.25, 0.3) is 0 Å². The highest BCUT2D eigenvalue weighted by Gasteiger charge is 2.23. The number of aliphatic hydroxyl groups is 1. The Labute approximate surface area is 125 Å². The van der Waals surface area contributed by atoms with Gasteiger partial charge in [0.1, 0.15) is 5.82 Å². The Morgan fingerprint density at radius 1 is 1.50 bits per heavy atom. The predicted octanol–water partition coefficient (Wildman–Crippen LogP) is 1.96. The van der Waals surface area contributed by atoms with Gasteiger partial charge in [-0.2, -0.15) is 5.10 Å². The highest BCUT2D eigenvalue weighted by Crippen LogP contribution is 2.20. The van der Waals surface area contributed by atoms with Gasteiger partial charge in [0.2, 0.25) is 0 Å². The molecule has 1 saturated heterocycles. The van der Waals surface area contributed by atoms with Crippen LogP contribution in [0.25, 0.3) is 0 Å². The lowest BCUT2D eigenvalue weighted by molar-refractivity contribution is 0.0591. The Hall–Kier alpha value is -0.980. The number of aryl methyl sites for hydroxylation is 1. The second-order valence-electron chi connectivity index (χ2n) is 5.57. The van der Waals surface area contributed by atoms with E-state index >= 15 is 0 Å². The van der Waals surface area contributed by atoms with E-state index in [4.69, 9.17) is 12.2 Å². The van der Waals surface area contributed by atoms with Crippen molar-refractivity contribution in [2.24, 2.45) is 5.92 Å². The van der Waals surface area contributed by atoms with E-state index in [1.807, 2.05) is 29.2 Å². The number of allylic oxidation sites excluding steroid dienone is 1. The maximum Gasteiger partial charge on any atom is 0.199 e. The van der Waals surface area contributed by atoms with E-state index in [0.717, 1.165) is 43.2 Å². The van der Waals surface area contributed by atoms with Gasteiger partial charge in [0, 0.05) is 19.6 Å². The second-order valence-corrected chi connectivity index (χ2v) is 5.93. The van der Waals surface area contributed by atoms with Crippen LogP contribution in [0.1, 0.15) is 25.6 Å². The first kappa shape index (κ1) is 15.4. The van der Waals surface area contributed by atoms with Crippen LogP contribution < -0.4 is 0 Å². The van der Waals surface area contributed by atoms with Crippen molar-refractivity contribution in [1.29, 1.82) is 0 Å². The molecule has 1 unspecified atom stereocenters. The first-order valence-corrected chi connectivity index (χ1v) is 7.59. The van der Waals surface area contributed by atoms with Gasteiger partial charge < -0.3 is 9.67 Å². The molecule has 1 fully saturated rings. The quantitative estimate of drug-likeness (QED) is 0.666. The molecule has 0 bridgehead atoms. The fraction of sp³-hybridized carbons (Fsp3) is 0.714. The van der Waals surface area contributed by atoms with Gasteiger partial charge in [-0.25, -0.2) is 4.68 Å². The molecule has 1 aliphatic heterocycles. The highest BCUT2D eigenvalue weighted by molar-refractivity contribution is 7.71. The molecule has 0 aliphatic carbocycles. The van der Waals surface area contributed by atoms with E-state index < -0.39 is 0 Å². The summed E-state index contributed by atoms with van der Waals surface area (Å²) in [4.78, 5) is 2.35. The summed E-state index contributed by atoms with van der Waals surface area (Å²) in [5, 5.41) is 14.1. The molecule has 0 amide bonds. The van der Waals surface area contributed by atoms with Gasteiger partial charge in [-0.3, -0.25) is 4.90 Å². The molecular weight excluding hydrogens is 272 g/mol. The van der Waals surface area contributed by atoms with E-state index in [0.29, 0.717) is 12.5 Å². The molecule has 0 saturated carbocycles. The molecule has 20 heavy (non-hydrogen) atoms. The van der Waals surface area contributed by atoms with Crippen molar-refractivity contribution in [2.45, 2.75) is 46.0 Å². The normalized spacial score (nSPS) is 19.1. The average Bonchev–Trinajstić information content (AvgIpc) is 2.67. The van der Waals surface area contributed by atoms with Gasteiger partial charge in [0.15, 0.2) is 4.77 Å². The minimum absolute atomic E-state index is 0.201. The van der Waals surface area contributed by atoms with E-state index in [1.54, 1.807) is 0 Å². The van der Waals surface area contributed by atoms with Gasteiger partial charge >= 0.3 is 0 Å². The lowest BCUT2D eigenvalue weighted by Crippen LogP contribution is -2.38. The molecule has 112 valence electrons. The van der Waals surface area contributed by atoms with Gasteiger partial charge in [-0.15, -0.1) is 6.58 Å². The van der Waals surface area contributed by atoms with Crippen LogP contribution >= 0.6 is 12.2 Å². The summed E-state index contributed by atoms with van der Waals surface area (Å²) in [6, 6.07) is 0. The number of aliphatic hydroxyl groups excluding tert-OH is 1. The van der Waals surface area contributed by atoms with Crippen molar-refractivity contribution in [1.82, 2.24) is 19.2 Å². The molecule has 2 heterocycles. The largest absolute Gasteiger partial charge is 0.393 e. The van der Waals surface area contributed by atoms with Crippen molar-refractivity contribution < 1.29 is 5.11 Å². The number of likely N-dealkylation sites (tertiary alicyclic amines) is 1.